The smallest absolute Gasteiger partial charge is 0.322 e. The van der Waals surface area contributed by atoms with Crippen LogP contribution in [0.4, 0.5) is 11.5 Å². The Labute approximate surface area is 204 Å². The molecular formula is C26H32N4O5. The van der Waals surface area contributed by atoms with Gasteiger partial charge in [0.05, 0.1) is 6.54 Å². The molecule has 1 aromatic heterocycles. The van der Waals surface area contributed by atoms with Crippen LogP contribution in [0.15, 0.2) is 24.3 Å². The molecule has 0 unspecified atom stereocenters. The minimum Gasteiger partial charge on any atom is -0.481 e. The van der Waals surface area contributed by atoms with Crippen molar-refractivity contribution in [2.75, 3.05) is 23.8 Å². The van der Waals surface area contributed by atoms with Crippen molar-refractivity contribution in [2.24, 2.45) is 5.92 Å². The van der Waals surface area contributed by atoms with Gasteiger partial charge >= 0.3 is 12.0 Å². The number of nitrogens with zero attached hydrogens (tertiary/aromatic N) is 3. The molecule has 2 heterocycles. The molecule has 2 aromatic rings. The van der Waals surface area contributed by atoms with Crippen molar-refractivity contribution in [2.45, 2.75) is 69.8 Å². The standard InChI is InChI=1S/C26H32N4O5/c27-23-22-24(29-26(28-23)35-20-3-1-2-4-20)34-14-13-30(25(22)33)19-11-9-18(10-12-19)17-7-5-16(6-8-17)15-21(31)32/h9-12,16-17,20H,1-8,13-15H2,(H,31,32)(H2,27,28,29). The van der Waals surface area contributed by atoms with E-state index in [2.05, 4.69) is 22.1 Å². The molecule has 0 spiro atoms. The number of rotatable bonds is 6. The van der Waals surface area contributed by atoms with Gasteiger partial charge < -0.3 is 25.2 Å². The molecule has 1 aromatic carbocycles. The quantitative estimate of drug-likeness (QED) is 0.631. The average Bonchev–Trinajstić information content (AvgIpc) is 3.28. The molecule has 3 aliphatic rings. The summed E-state index contributed by atoms with van der Waals surface area (Å²) < 4.78 is 11.7. The van der Waals surface area contributed by atoms with Gasteiger partial charge in [-0.05, 0) is 80.9 Å². The Kier molecular flexibility index (Phi) is 6.74. The van der Waals surface area contributed by atoms with Crippen molar-refractivity contribution in [3.63, 3.8) is 0 Å². The number of aromatic nitrogens is 2. The molecule has 2 aliphatic carbocycles. The second kappa shape index (κ2) is 10.1. The highest BCUT2D eigenvalue weighted by molar-refractivity contribution is 6.10. The van der Waals surface area contributed by atoms with Crippen molar-refractivity contribution in [1.82, 2.24) is 9.97 Å². The van der Waals surface area contributed by atoms with Crippen LogP contribution in [0.5, 0.6) is 11.9 Å². The fourth-order valence-electron chi connectivity index (χ4n) is 5.54. The molecule has 186 valence electrons. The number of anilines is 2. The van der Waals surface area contributed by atoms with Crippen molar-refractivity contribution in [3.05, 3.63) is 35.4 Å². The minimum absolute atomic E-state index is 0.0645. The van der Waals surface area contributed by atoms with E-state index in [1.54, 1.807) is 4.90 Å². The molecule has 9 nitrogen and oxygen atoms in total. The maximum atomic E-state index is 13.4. The fourth-order valence-corrected chi connectivity index (χ4v) is 5.54. The summed E-state index contributed by atoms with van der Waals surface area (Å²) in [6.45, 7) is 0.653. The van der Waals surface area contributed by atoms with Gasteiger partial charge in [-0.15, -0.1) is 0 Å². The third-order valence-corrected chi connectivity index (χ3v) is 7.46. The molecule has 0 bridgehead atoms. The summed E-state index contributed by atoms with van der Waals surface area (Å²) in [5.74, 6) is -0.0734. The van der Waals surface area contributed by atoms with Crippen molar-refractivity contribution < 1.29 is 24.2 Å². The van der Waals surface area contributed by atoms with Gasteiger partial charge in [0.25, 0.3) is 5.91 Å². The largest absolute Gasteiger partial charge is 0.481 e. The van der Waals surface area contributed by atoms with Crippen LogP contribution < -0.4 is 20.1 Å². The number of carboxylic acid groups (broad SMARTS) is 1. The number of carbonyl (C=O) groups is 2. The molecule has 0 radical (unpaired) electrons. The van der Waals surface area contributed by atoms with E-state index in [0.717, 1.165) is 57.1 Å². The number of ether oxygens (including phenoxy) is 2. The Morgan fingerprint density at radius 3 is 2.49 bits per heavy atom. The normalized spacial score (nSPS) is 22.9. The summed E-state index contributed by atoms with van der Waals surface area (Å²) >= 11 is 0. The summed E-state index contributed by atoms with van der Waals surface area (Å²) in [6.07, 6.45) is 8.36. The zero-order chi connectivity index (χ0) is 24.4. The first kappa shape index (κ1) is 23.4. The lowest BCUT2D eigenvalue weighted by Gasteiger charge is -2.28. The van der Waals surface area contributed by atoms with Gasteiger partial charge in [-0.2, -0.15) is 9.97 Å². The number of nitrogens with two attached hydrogens (primary N) is 1. The maximum Gasteiger partial charge on any atom is 0.322 e. The molecule has 1 amide bonds. The maximum absolute atomic E-state index is 13.4. The monoisotopic (exact) mass is 480 g/mol. The van der Waals surface area contributed by atoms with Crippen LogP contribution in [0.2, 0.25) is 0 Å². The Hall–Kier alpha value is -3.36. The number of amides is 1. The SMILES string of the molecule is Nc1nc(OC2CCCC2)nc2c1C(=O)N(c1ccc(C3CCC(CC(=O)O)CC3)cc1)CCO2. The van der Waals surface area contributed by atoms with Crippen LogP contribution in [0.25, 0.3) is 0 Å². The highest BCUT2D eigenvalue weighted by atomic mass is 16.5. The van der Waals surface area contributed by atoms with Crippen LogP contribution in [0.3, 0.4) is 0 Å². The molecule has 2 fully saturated rings. The number of benzene rings is 1. The number of nitrogen functional groups attached to an aromatic ring is 1. The molecule has 1 aliphatic heterocycles. The Balaban J connectivity index is 1.29. The number of hydrogen-bond donors (Lipinski definition) is 2. The van der Waals surface area contributed by atoms with Crippen LogP contribution >= 0.6 is 0 Å². The Bertz CT molecular complexity index is 1080. The highest BCUT2D eigenvalue weighted by Gasteiger charge is 2.31. The van der Waals surface area contributed by atoms with Crippen LogP contribution in [0.1, 0.15) is 79.6 Å². The molecule has 35 heavy (non-hydrogen) atoms. The lowest BCUT2D eigenvalue weighted by atomic mass is 9.77. The van der Waals surface area contributed by atoms with Crippen LogP contribution in [0, 0.1) is 5.92 Å². The van der Waals surface area contributed by atoms with Gasteiger partial charge in [-0.3, -0.25) is 9.59 Å². The topological polar surface area (TPSA) is 128 Å². The number of hydrogen-bond acceptors (Lipinski definition) is 7. The van der Waals surface area contributed by atoms with E-state index in [9.17, 15) is 9.59 Å². The first-order valence-corrected chi connectivity index (χ1v) is 12.6. The molecule has 2 saturated carbocycles. The molecule has 0 atom stereocenters. The number of aliphatic carboxylic acids is 1. The first-order chi connectivity index (χ1) is 17.0. The second-order valence-corrected chi connectivity index (χ2v) is 9.81. The van der Waals surface area contributed by atoms with E-state index in [-0.39, 0.29) is 54.2 Å². The Morgan fingerprint density at radius 2 is 1.80 bits per heavy atom. The zero-order valence-corrected chi connectivity index (χ0v) is 19.8. The molecule has 0 saturated heterocycles. The van der Waals surface area contributed by atoms with Gasteiger partial charge in [0.1, 0.15) is 24.1 Å². The van der Waals surface area contributed by atoms with Crippen molar-refractivity contribution >= 4 is 23.4 Å². The summed E-state index contributed by atoms with van der Waals surface area (Å²) in [4.78, 5) is 34.7. The van der Waals surface area contributed by atoms with E-state index in [1.807, 2.05) is 12.1 Å². The molecule has 9 heteroatoms. The summed E-state index contributed by atoms with van der Waals surface area (Å²) in [7, 11) is 0. The predicted octanol–water partition coefficient (Wildman–Crippen LogP) is 4.17. The van der Waals surface area contributed by atoms with Gasteiger partial charge in [0, 0.05) is 12.1 Å². The van der Waals surface area contributed by atoms with E-state index in [1.165, 1.54) is 5.56 Å². The van der Waals surface area contributed by atoms with Crippen LogP contribution in [-0.2, 0) is 4.79 Å². The van der Waals surface area contributed by atoms with Gasteiger partial charge in [-0.25, -0.2) is 0 Å². The molecular weight excluding hydrogens is 448 g/mol. The van der Waals surface area contributed by atoms with E-state index in [4.69, 9.17) is 20.3 Å². The van der Waals surface area contributed by atoms with E-state index < -0.39 is 5.97 Å². The number of carboxylic acids is 1. The molecule has 5 rings (SSSR count). The van der Waals surface area contributed by atoms with Crippen LogP contribution in [-0.4, -0.2) is 46.2 Å². The number of fused-ring (bicyclic) bond motifs is 1. The third kappa shape index (κ3) is 5.18. The van der Waals surface area contributed by atoms with E-state index in [0.29, 0.717) is 12.5 Å². The third-order valence-electron chi connectivity index (χ3n) is 7.46. The first-order valence-electron chi connectivity index (χ1n) is 12.6. The van der Waals surface area contributed by atoms with Crippen molar-refractivity contribution in [1.29, 1.82) is 0 Å². The lowest BCUT2D eigenvalue weighted by Crippen LogP contribution is -2.32. The minimum atomic E-state index is -0.714. The Morgan fingerprint density at radius 1 is 1.09 bits per heavy atom. The lowest BCUT2D eigenvalue weighted by molar-refractivity contribution is -0.138. The summed E-state index contributed by atoms with van der Waals surface area (Å²) in [5, 5.41) is 9.03. The van der Waals surface area contributed by atoms with Crippen molar-refractivity contribution in [3.8, 4) is 11.9 Å². The molecule has 3 N–H and O–H groups in total. The summed E-state index contributed by atoms with van der Waals surface area (Å²) in [6, 6.07) is 8.20. The summed E-state index contributed by atoms with van der Waals surface area (Å²) in [5.41, 5.74) is 8.34. The fraction of sp³-hybridized carbons (Fsp3) is 0.538. The van der Waals surface area contributed by atoms with Gasteiger partial charge in [0.2, 0.25) is 5.88 Å². The predicted molar refractivity (Wildman–Crippen MR) is 130 cm³/mol. The van der Waals surface area contributed by atoms with Gasteiger partial charge in [0.15, 0.2) is 0 Å². The van der Waals surface area contributed by atoms with Gasteiger partial charge in [-0.1, -0.05) is 12.1 Å². The zero-order valence-electron chi connectivity index (χ0n) is 19.8. The average molecular weight is 481 g/mol. The number of carbonyl (C=O) groups excluding carboxylic acids is 1. The highest BCUT2D eigenvalue weighted by Crippen LogP contribution is 2.38. The second-order valence-electron chi connectivity index (χ2n) is 9.81. The van der Waals surface area contributed by atoms with E-state index >= 15 is 0 Å².